The maximum Gasteiger partial charge on any atom is 0.290 e. The van der Waals surface area contributed by atoms with Crippen LogP contribution in [0.2, 0.25) is 0 Å². The third kappa shape index (κ3) is 10.6. The van der Waals surface area contributed by atoms with E-state index in [2.05, 4.69) is 5.32 Å². The van der Waals surface area contributed by atoms with Crippen LogP contribution in [0.4, 0.5) is 0 Å². The molecule has 0 bridgehead atoms. The Kier molecular flexibility index (Phi) is 9.50. The van der Waals surface area contributed by atoms with Crippen LogP contribution >= 0.6 is 0 Å². The summed E-state index contributed by atoms with van der Waals surface area (Å²) in [5.41, 5.74) is 0.990. The van der Waals surface area contributed by atoms with Crippen molar-refractivity contribution in [3.05, 3.63) is 29.8 Å². The van der Waals surface area contributed by atoms with Crippen LogP contribution in [0.25, 0.3) is 0 Å². The van der Waals surface area contributed by atoms with Gasteiger partial charge in [-0.25, -0.2) is 0 Å². The largest absolute Gasteiger partial charge is 0.527 e. The molecule has 0 aromatic heterocycles. The van der Waals surface area contributed by atoms with E-state index >= 15 is 0 Å². The summed E-state index contributed by atoms with van der Waals surface area (Å²) < 4.78 is 5.73. The molecule has 0 unspecified atom stereocenters. The maximum absolute atomic E-state index is 10.2. The van der Waals surface area contributed by atoms with Crippen LogP contribution in [-0.2, 0) is 16.0 Å². The van der Waals surface area contributed by atoms with Gasteiger partial charge >= 0.3 is 0 Å². The summed E-state index contributed by atoms with van der Waals surface area (Å²) in [6.45, 7) is 7.76. The quantitative estimate of drug-likeness (QED) is 0.343. The van der Waals surface area contributed by atoms with E-state index in [1.807, 2.05) is 52.0 Å². The van der Waals surface area contributed by atoms with Crippen molar-refractivity contribution < 1.29 is 19.4 Å². The van der Waals surface area contributed by atoms with Gasteiger partial charge in [-0.15, -0.1) is 0 Å². The number of amides is 1. The minimum Gasteiger partial charge on any atom is -0.527 e. The standard InChI is InChI=1S/C14H20NO2.CH2O2.Fm/c1-11(15-10-16)9-12-5-7-13(8-6-12)17-14(2,3)4;2-1-3;/h5-8,11H,9H2,1-4H3,(H,15,16);1H,(H,2,3);/q-1;;/t11-;;/m1../s1. The van der Waals surface area contributed by atoms with Gasteiger partial charge in [0.2, 0.25) is 0 Å². The predicted octanol–water partition coefficient (Wildman–Crippen LogP) is 2.15. The Bertz CT molecular complexity index is 401. The summed E-state index contributed by atoms with van der Waals surface area (Å²) >= 11 is 0. The summed E-state index contributed by atoms with van der Waals surface area (Å²) in [5.74, 6) is 0.865. The average molecular weight is 537 g/mol. The van der Waals surface area contributed by atoms with Gasteiger partial charge in [-0.05, 0) is 57.9 Å². The van der Waals surface area contributed by atoms with Crippen molar-refractivity contribution in [3.8, 4) is 5.75 Å². The smallest absolute Gasteiger partial charge is 0.290 e. The molecule has 1 atom stereocenters. The zero-order valence-corrected chi connectivity index (χ0v) is 15.0. The topological polar surface area (TPSA) is 75.6 Å². The van der Waals surface area contributed by atoms with Crippen LogP contribution in [0.5, 0.6) is 5.75 Å². The average Bonchev–Trinajstić information content (AvgIpc) is 2.31. The number of carbonyl (C=O) groups is 1. The second kappa shape index (κ2) is 9.83. The molecule has 0 aliphatic heterocycles. The van der Waals surface area contributed by atoms with Gasteiger partial charge in [0, 0.05) is 0 Å². The number of ether oxygens (including phenoxy) is 1. The van der Waals surface area contributed by atoms with Crippen molar-refractivity contribution in [3.63, 3.8) is 0 Å². The minimum atomic E-state index is -0.250. The fourth-order valence-corrected chi connectivity index (χ4v) is 1.55. The summed E-state index contributed by atoms with van der Waals surface area (Å²) in [6, 6.07) is 8.05. The number of hydrogen-bond donors (Lipinski definition) is 2. The first-order valence-electron chi connectivity index (χ1n) is 6.31. The van der Waals surface area contributed by atoms with E-state index in [-0.39, 0.29) is 18.1 Å². The van der Waals surface area contributed by atoms with Gasteiger partial charge in [-0.2, -0.15) is 6.41 Å². The molecule has 0 heterocycles. The summed E-state index contributed by atoms with van der Waals surface area (Å²) in [5, 5.41) is 9.50. The zero-order chi connectivity index (χ0) is 15.6. The number of nitrogens with one attached hydrogen (secondary N) is 1. The first-order chi connectivity index (χ1) is 9.32. The van der Waals surface area contributed by atoms with Crippen molar-refractivity contribution >= 4 is 12.9 Å². The van der Waals surface area contributed by atoms with Crippen LogP contribution in [-0.4, -0.2) is 29.6 Å². The molecular weight excluding hydrogens is 515 g/mol. The van der Waals surface area contributed by atoms with Crippen LogP contribution in [0.15, 0.2) is 24.3 Å². The molecule has 0 radical (unpaired) electrons. The van der Waals surface area contributed by atoms with Crippen molar-refractivity contribution in [1.29, 1.82) is 0 Å². The van der Waals surface area contributed by atoms with Crippen molar-refractivity contribution in [1.82, 2.24) is 5.32 Å². The van der Waals surface area contributed by atoms with Crippen LogP contribution in [0, 0.1) is 0 Å². The molecule has 6 heteroatoms. The number of carboxylic acid groups (broad SMARTS) is 1. The Labute approximate surface area is 120 Å². The molecule has 21 heavy (non-hydrogen) atoms. The molecule has 0 aliphatic carbocycles. The molecule has 0 spiro atoms. The van der Waals surface area contributed by atoms with E-state index in [4.69, 9.17) is 14.6 Å². The molecule has 124 valence electrons. The second-order valence-corrected chi connectivity index (χ2v) is 5.32. The SMILES string of the molecule is C[C@H](Cc1ccc(OC(C)(C)C)cc1)N[C-]=O.O=CO.[Fm]. The predicted molar refractivity (Wildman–Crippen MR) is 77.5 cm³/mol. The van der Waals surface area contributed by atoms with E-state index in [0.29, 0.717) is 0 Å². The molecule has 2 N–H and O–H groups in total. The first kappa shape index (κ1) is 20.3. The molecule has 0 aliphatic rings. The van der Waals surface area contributed by atoms with Gasteiger partial charge in [0.25, 0.3) is 6.47 Å². The van der Waals surface area contributed by atoms with Gasteiger partial charge in [-0.1, -0.05) is 12.1 Å². The summed E-state index contributed by atoms with van der Waals surface area (Å²) in [4.78, 5) is 18.5. The Morgan fingerprint density at radius 2 is 1.81 bits per heavy atom. The summed E-state index contributed by atoms with van der Waals surface area (Å²) in [7, 11) is 0. The molecule has 1 rings (SSSR count). The van der Waals surface area contributed by atoms with E-state index in [1.54, 1.807) is 6.41 Å². The van der Waals surface area contributed by atoms with Gasteiger partial charge in [0.05, 0.1) is 0 Å². The first-order valence-corrected chi connectivity index (χ1v) is 6.31. The Morgan fingerprint density at radius 3 is 2.19 bits per heavy atom. The Hall–Kier alpha value is -3.04. The van der Waals surface area contributed by atoms with E-state index in [9.17, 15) is 4.79 Å². The van der Waals surface area contributed by atoms with Crippen molar-refractivity contribution in [2.45, 2.75) is 45.8 Å². The van der Waals surface area contributed by atoms with Crippen molar-refractivity contribution in [2.75, 3.05) is 0 Å². The molecule has 1 aromatic carbocycles. The number of hydrogen-bond acceptors (Lipinski definition) is 3. The summed E-state index contributed by atoms with van der Waals surface area (Å²) in [6.07, 6.45) is 2.50. The number of carbonyl (C=O) groups excluding carboxylic acids is 1. The van der Waals surface area contributed by atoms with Crippen LogP contribution in [0.3, 0.4) is 0 Å². The van der Waals surface area contributed by atoms with Gasteiger partial charge in [-0.3, -0.25) is 4.79 Å². The molecule has 5 nitrogen and oxygen atoms in total. The monoisotopic (exact) mass is 537 g/mol. The Balaban J connectivity index is 0. The molecule has 0 fully saturated rings. The number of rotatable bonds is 5. The normalized spacial score (nSPS) is 11.0. The molecule has 0 saturated heterocycles. The molecule has 0 saturated carbocycles. The minimum absolute atomic E-state index is 0. The van der Waals surface area contributed by atoms with Crippen LogP contribution in [0.1, 0.15) is 33.3 Å². The van der Waals surface area contributed by atoms with Crippen molar-refractivity contribution in [2.24, 2.45) is 0 Å². The van der Waals surface area contributed by atoms with E-state index < -0.39 is 0 Å². The Morgan fingerprint density at radius 1 is 1.33 bits per heavy atom. The molecule has 1 amide bonds. The third-order valence-corrected chi connectivity index (χ3v) is 2.19. The zero-order valence-electron chi connectivity index (χ0n) is 12.6. The van der Waals surface area contributed by atoms with Gasteiger partial charge in [0.15, 0.2) is 0 Å². The fraction of sp³-hybridized carbons (Fsp3) is 0.467. The fourth-order valence-electron chi connectivity index (χ4n) is 1.55. The number of benzene rings is 1. The molecular formula is C15H22FmNO4-. The van der Waals surface area contributed by atoms with E-state index in [0.717, 1.165) is 12.2 Å². The second-order valence-electron chi connectivity index (χ2n) is 5.32. The maximum atomic E-state index is 10.2. The van der Waals surface area contributed by atoms with E-state index in [1.165, 1.54) is 5.56 Å². The van der Waals surface area contributed by atoms with Crippen LogP contribution < -0.4 is 10.1 Å². The van der Waals surface area contributed by atoms with Gasteiger partial charge in [0.1, 0.15) is 11.4 Å². The van der Waals surface area contributed by atoms with Gasteiger partial charge < -0.3 is 20.0 Å². The molecule has 1 aromatic rings. The third-order valence-electron chi connectivity index (χ3n) is 2.19.